The van der Waals surface area contributed by atoms with Crippen molar-refractivity contribution < 1.29 is 17.9 Å². The SMILES string of the molecule is CCN1c2ncc(CCOc3cccc4c3CCS(=O)(=O)N4Cc3cccnc3)cc2C(=O)N(C)c2cccnc21. The van der Waals surface area contributed by atoms with Crippen LogP contribution in [-0.4, -0.2) is 55.2 Å². The maximum Gasteiger partial charge on any atom is 0.261 e. The first-order chi connectivity index (χ1) is 19.9. The summed E-state index contributed by atoms with van der Waals surface area (Å²) in [7, 11) is -1.72. The lowest BCUT2D eigenvalue weighted by Gasteiger charge is -2.31. The molecule has 10 nitrogen and oxygen atoms in total. The van der Waals surface area contributed by atoms with Gasteiger partial charge in [0.05, 0.1) is 35.8 Å². The summed E-state index contributed by atoms with van der Waals surface area (Å²) in [6.45, 7) is 3.17. The van der Waals surface area contributed by atoms with Crippen LogP contribution in [0.3, 0.4) is 0 Å². The van der Waals surface area contributed by atoms with E-state index in [9.17, 15) is 13.2 Å². The van der Waals surface area contributed by atoms with Crippen molar-refractivity contribution in [2.75, 3.05) is 40.1 Å². The minimum atomic E-state index is -3.47. The van der Waals surface area contributed by atoms with Gasteiger partial charge in [-0.2, -0.15) is 0 Å². The summed E-state index contributed by atoms with van der Waals surface area (Å²) in [6.07, 6.45) is 7.73. The van der Waals surface area contributed by atoms with Crippen LogP contribution in [-0.2, 0) is 29.4 Å². The molecule has 6 rings (SSSR count). The molecule has 0 N–H and O–H groups in total. The fourth-order valence-electron chi connectivity index (χ4n) is 5.34. The molecular weight excluding hydrogens is 540 g/mol. The molecule has 0 saturated carbocycles. The first kappa shape index (κ1) is 26.7. The molecule has 11 heteroatoms. The molecule has 2 aliphatic heterocycles. The number of carbonyl (C=O) groups excluding carboxylic acids is 1. The van der Waals surface area contributed by atoms with Crippen molar-refractivity contribution in [1.82, 2.24) is 15.0 Å². The predicted molar refractivity (Wildman–Crippen MR) is 157 cm³/mol. The minimum Gasteiger partial charge on any atom is -0.493 e. The zero-order chi connectivity index (χ0) is 28.6. The zero-order valence-corrected chi connectivity index (χ0v) is 23.7. The van der Waals surface area contributed by atoms with Crippen molar-refractivity contribution in [2.24, 2.45) is 0 Å². The molecule has 210 valence electrons. The van der Waals surface area contributed by atoms with E-state index in [0.29, 0.717) is 54.6 Å². The minimum absolute atomic E-state index is 0.0101. The molecule has 4 aromatic rings. The monoisotopic (exact) mass is 570 g/mol. The van der Waals surface area contributed by atoms with E-state index in [1.54, 1.807) is 42.8 Å². The Kier molecular flexibility index (Phi) is 7.04. The van der Waals surface area contributed by atoms with E-state index in [4.69, 9.17) is 4.74 Å². The van der Waals surface area contributed by atoms with Crippen LogP contribution in [0.25, 0.3) is 0 Å². The van der Waals surface area contributed by atoms with Gasteiger partial charge in [0.15, 0.2) is 5.82 Å². The molecule has 41 heavy (non-hydrogen) atoms. The molecule has 0 unspecified atom stereocenters. The topological polar surface area (TPSA) is 109 Å². The lowest BCUT2D eigenvalue weighted by molar-refractivity contribution is 0.0994. The van der Waals surface area contributed by atoms with Gasteiger partial charge in [0, 0.05) is 50.4 Å². The van der Waals surface area contributed by atoms with Crippen LogP contribution in [0.2, 0.25) is 0 Å². The van der Waals surface area contributed by atoms with E-state index in [1.165, 1.54) is 4.31 Å². The number of anilines is 4. The molecule has 0 fully saturated rings. The van der Waals surface area contributed by atoms with E-state index in [2.05, 4.69) is 15.0 Å². The maximum absolute atomic E-state index is 13.4. The Balaban J connectivity index is 1.22. The van der Waals surface area contributed by atoms with Crippen molar-refractivity contribution >= 4 is 38.9 Å². The standard InChI is InChI=1S/C30H30N6O4S/c1-3-35-28-24(30(37)34(2)26-9-6-14-32-29(26)35)17-21(19-33-28)11-15-40-27-10-4-8-25-23(27)12-16-41(38,39)36(25)20-22-7-5-13-31-18-22/h4-10,13-14,17-19H,3,11-12,15-16,20H2,1-2H3. The molecule has 0 atom stereocenters. The van der Waals surface area contributed by atoms with Gasteiger partial charge >= 0.3 is 0 Å². The Morgan fingerprint density at radius 3 is 2.59 bits per heavy atom. The molecule has 3 aromatic heterocycles. The normalized spacial score (nSPS) is 15.6. The second kappa shape index (κ2) is 10.8. The van der Waals surface area contributed by atoms with E-state index in [-0.39, 0.29) is 18.2 Å². The highest BCUT2D eigenvalue weighted by Gasteiger charge is 2.32. The largest absolute Gasteiger partial charge is 0.493 e. The number of hydrogen-bond donors (Lipinski definition) is 0. The molecule has 5 heterocycles. The van der Waals surface area contributed by atoms with Crippen LogP contribution >= 0.6 is 0 Å². The fraction of sp³-hybridized carbons (Fsp3) is 0.267. The Hall–Kier alpha value is -4.51. The second-order valence-corrected chi connectivity index (χ2v) is 12.0. The third kappa shape index (κ3) is 4.97. The van der Waals surface area contributed by atoms with Gasteiger partial charge < -0.3 is 14.5 Å². The number of sulfonamides is 1. The number of hydrogen-bond acceptors (Lipinski definition) is 8. The molecule has 1 amide bonds. The first-order valence-electron chi connectivity index (χ1n) is 13.5. The van der Waals surface area contributed by atoms with Gasteiger partial charge in [-0.15, -0.1) is 0 Å². The Morgan fingerprint density at radius 1 is 0.951 bits per heavy atom. The van der Waals surface area contributed by atoms with Gasteiger partial charge in [-0.1, -0.05) is 12.1 Å². The van der Waals surface area contributed by atoms with Gasteiger partial charge in [-0.05, 0) is 60.9 Å². The molecule has 0 bridgehead atoms. The van der Waals surface area contributed by atoms with Gasteiger partial charge in [0.2, 0.25) is 10.0 Å². The number of amides is 1. The average Bonchev–Trinajstić information content (AvgIpc) is 3.07. The third-order valence-electron chi connectivity index (χ3n) is 7.43. The summed E-state index contributed by atoms with van der Waals surface area (Å²) >= 11 is 0. The van der Waals surface area contributed by atoms with Crippen LogP contribution in [0.5, 0.6) is 5.75 Å². The van der Waals surface area contributed by atoms with Crippen LogP contribution in [0.4, 0.5) is 23.0 Å². The molecule has 0 aliphatic carbocycles. The first-order valence-corrected chi connectivity index (χ1v) is 15.1. The van der Waals surface area contributed by atoms with Crippen molar-refractivity contribution in [1.29, 1.82) is 0 Å². The van der Waals surface area contributed by atoms with Crippen molar-refractivity contribution in [3.8, 4) is 5.75 Å². The lowest BCUT2D eigenvalue weighted by atomic mass is 10.1. The summed E-state index contributed by atoms with van der Waals surface area (Å²) in [4.78, 5) is 30.3. The smallest absolute Gasteiger partial charge is 0.261 e. The van der Waals surface area contributed by atoms with Crippen LogP contribution in [0.1, 0.15) is 34.0 Å². The molecule has 0 saturated heterocycles. The lowest BCUT2D eigenvalue weighted by Crippen LogP contribution is -2.37. The Morgan fingerprint density at radius 2 is 1.78 bits per heavy atom. The number of rotatable bonds is 7. The zero-order valence-electron chi connectivity index (χ0n) is 22.9. The van der Waals surface area contributed by atoms with E-state index in [1.807, 2.05) is 54.3 Å². The maximum atomic E-state index is 13.4. The Bertz CT molecular complexity index is 1710. The number of carbonyl (C=O) groups is 1. The van der Waals surface area contributed by atoms with Crippen LogP contribution in [0.15, 0.2) is 73.3 Å². The molecular formula is C30H30N6O4S. The number of benzene rings is 1. The quantitative estimate of drug-likeness (QED) is 0.326. The van der Waals surface area contributed by atoms with Crippen LogP contribution in [0, 0.1) is 0 Å². The van der Waals surface area contributed by atoms with Crippen molar-refractivity contribution in [2.45, 2.75) is 26.3 Å². The number of fused-ring (bicyclic) bond motifs is 3. The summed E-state index contributed by atoms with van der Waals surface area (Å²) in [5, 5.41) is 0. The fourth-order valence-corrected chi connectivity index (χ4v) is 6.84. The number of pyridine rings is 3. The number of aromatic nitrogens is 3. The Labute approximate surface area is 239 Å². The highest BCUT2D eigenvalue weighted by atomic mass is 32.2. The van der Waals surface area contributed by atoms with E-state index < -0.39 is 10.0 Å². The van der Waals surface area contributed by atoms with Gasteiger partial charge in [0.25, 0.3) is 5.91 Å². The van der Waals surface area contributed by atoms with Gasteiger partial charge in [-0.25, -0.2) is 18.4 Å². The summed E-state index contributed by atoms with van der Waals surface area (Å²) in [5.74, 6) is 1.80. The molecule has 2 aliphatic rings. The van der Waals surface area contributed by atoms with E-state index >= 15 is 0 Å². The molecule has 0 spiro atoms. The highest BCUT2D eigenvalue weighted by molar-refractivity contribution is 7.92. The van der Waals surface area contributed by atoms with Gasteiger partial charge in [0.1, 0.15) is 11.6 Å². The molecule has 0 radical (unpaired) electrons. The van der Waals surface area contributed by atoms with Crippen LogP contribution < -0.4 is 18.8 Å². The highest BCUT2D eigenvalue weighted by Crippen LogP contribution is 2.38. The third-order valence-corrected chi connectivity index (χ3v) is 9.15. The van der Waals surface area contributed by atoms with Gasteiger partial charge in [-0.3, -0.25) is 14.1 Å². The van der Waals surface area contributed by atoms with Crippen molar-refractivity contribution in [3.05, 3.63) is 95.6 Å². The predicted octanol–water partition coefficient (Wildman–Crippen LogP) is 4.13. The molecule has 1 aromatic carbocycles. The van der Waals surface area contributed by atoms with E-state index in [0.717, 1.165) is 22.4 Å². The number of ether oxygens (including phenoxy) is 1. The second-order valence-electron chi connectivity index (χ2n) is 9.96. The summed E-state index contributed by atoms with van der Waals surface area (Å²) < 4.78 is 33.6. The van der Waals surface area contributed by atoms with Crippen molar-refractivity contribution in [3.63, 3.8) is 0 Å². The number of nitrogens with zero attached hydrogens (tertiary/aromatic N) is 6. The summed E-state index contributed by atoms with van der Waals surface area (Å²) in [6, 6.07) is 14.7. The average molecular weight is 571 g/mol. The summed E-state index contributed by atoms with van der Waals surface area (Å²) in [5.41, 5.74) is 4.42.